The normalized spacial score (nSPS) is 13.2. The third-order valence-corrected chi connectivity index (χ3v) is 3.93. The lowest BCUT2D eigenvalue weighted by molar-refractivity contribution is -0.0276. The summed E-state index contributed by atoms with van der Waals surface area (Å²) in [7, 11) is 0. The van der Waals surface area contributed by atoms with E-state index in [1.807, 2.05) is 6.07 Å². The van der Waals surface area contributed by atoms with Gasteiger partial charge < -0.3 is 18.9 Å². The highest BCUT2D eigenvalue weighted by Gasteiger charge is 2.26. The van der Waals surface area contributed by atoms with Gasteiger partial charge in [-0.25, -0.2) is 9.18 Å². The third kappa shape index (κ3) is 5.20. The summed E-state index contributed by atoms with van der Waals surface area (Å²) in [4.78, 5) is 11.9. The molecule has 0 fully saturated rings. The smallest absolute Gasteiger partial charge is 0.412 e. The highest BCUT2D eigenvalue weighted by atomic mass is 19.1. The van der Waals surface area contributed by atoms with E-state index in [1.54, 1.807) is 45.0 Å². The van der Waals surface area contributed by atoms with Gasteiger partial charge in [-0.1, -0.05) is 12.1 Å². The Labute approximate surface area is 173 Å². The first-order valence-corrected chi connectivity index (χ1v) is 9.17. The van der Waals surface area contributed by atoms with Crippen molar-refractivity contribution in [2.24, 2.45) is 0 Å². The van der Waals surface area contributed by atoms with Crippen molar-refractivity contribution in [3.05, 3.63) is 71.4 Å². The van der Waals surface area contributed by atoms with Crippen LogP contribution < -0.4 is 10.1 Å². The Morgan fingerprint density at radius 3 is 2.63 bits per heavy atom. The molecule has 0 saturated carbocycles. The standard InChI is InChI=1S/C22H21FN2O5/c1-22(2,3)30-21(26)25-16-6-4-5-14(11-16)13-29-17-8-7-15(12-24)18(19(17)23)20-27-9-10-28-20/h4-11,20H,13H2,1-3H3,(H,25,26). The van der Waals surface area contributed by atoms with Gasteiger partial charge in [-0.15, -0.1) is 0 Å². The summed E-state index contributed by atoms with van der Waals surface area (Å²) in [6.07, 6.45) is 0.947. The van der Waals surface area contributed by atoms with Crippen LogP contribution in [-0.2, 0) is 20.8 Å². The van der Waals surface area contributed by atoms with E-state index in [2.05, 4.69) is 5.32 Å². The number of nitrogens with one attached hydrogen (secondary N) is 1. The van der Waals surface area contributed by atoms with E-state index in [1.165, 1.54) is 24.7 Å². The van der Waals surface area contributed by atoms with Gasteiger partial charge in [0, 0.05) is 5.69 Å². The quantitative estimate of drug-likeness (QED) is 0.731. The molecule has 1 N–H and O–H groups in total. The van der Waals surface area contributed by atoms with E-state index in [0.29, 0.717) is 11.3 Å². The first-order valence-electron chi connectivity index (χ1n) is 9.17. The van der Waals surface area contributed by atoms with Crippen molar-refractivity contribution in [2.75, 3.05) is 5.32 Å². The average molecular weight is 412 g/mol. The fraction of sp³-hybridized carbons (Fsp3) is 0.273. The molecule has 0 spiro atoms. The monoisotopic (exact) mass is 412 g/mol. The summed E-state index contributed by atoms with van der Waals surface area (Å²) < 4.78 is 36.1. The number of hydrogen-bond donors (Lipinski definition) is 1. The van der Waals surface area contributed by atoms with Gasteiger partial charge in [0.2, 0.25) is 0 Å². The summed E-state index contributed by atoms with van der Waals surface area (Å²) in [5, 5.41) is 11.9. The molecular weight excluding hydrogens is 391 g/mol. The van der Waals surface area contributed by atoms with Crippen LogP contribution in [0.5, 0.6) is 5.75 Å². The molecule has 0 radical (unpaired) electrons. The maximum absolute atomic E-state index is 14.9. The predicted molar refractivity (Wildman–Crippen MR) is 106 cm³/mol. The number of nitriles is 1. The SMILES string of the molecule is CC(C)(C)OC(=O)Nc1cccc(COc2ccc(C#N)c(C3OC=CO3)c2F)c1. The molecule has 2 aromatic rings. The Balaban J connectivity index is 1.71. The lowest BCUT2D eigenvalue weighted by atomic mass is 10.1. The topological polar surface area (TPSA) is 89.8 Å². The van der Waals surface area contributed by atoms with Crippen molar-refractivity contribution >= 4 is 11.8 Å². The third-order valence-electron chi connectivity index (χ3n) is 3.93. The Bertz CT molecular complexity index is 1000. The van der Waals surface area contributed by atoms with Gasteiger partial charge in [-0.2, -0.15) is 5.26 Å². The molecule has 0 saturated heterocycles. The van der Waals surface area contributed by atoms with E-state index < -0.39 is 23.8 Å². The number of nitrogens with zero attached hydrogens (tertiary/aromatic N) is 1. The molecule has 0 aliphatic carbocycles. The fourth-order valence-corrected chi connectivity index (χ4v) is 2.71. The van der Waals surface area contributed by atoms with Crippen molar-refractivity contribution in [3.8, 4) is 11.8 Å². The van der Waals surface area contributed by atoms with Gasteiger partial charge in [0.25, 0.3) is 6.29 Å². The molecule has 3 rings (SSSR count). The van der Waals surface area contributed by atoms with Gasteiger partial charge in [0.15, 0.2) is 11.6 Å². The van der Waals surface area contributed by atoms with E-state index in [4.69, 9.17) is 18.9 Å². The second-order valence-electron chi connectivity index (χ2n) is 7.44. The second-order valence-corrected chi connectivity index (χ2v) is 7.44. The van der Waals surface area contributed by atoms with Crippen molar-refractivity contribution in [1.82, 2.24) is 0 Å². The van der Waals surface area contributed by atoms with Crippen LogP contribution >= 0.6 is 0 Å². The number of hydrogen-bond acceptors (Lipinski definition) is 6. The molecule has 0 bridgehead atoms. The molecular formula is C22H21FN2O5. The van der Waals surface area contributed by atoms with E-state index in [0.717, 1.165) is 0 Å². The summed E-state index contributed by atoms with van der Waals surface area (Å²) >= 11 is 0. The Kier molecular flexibility index (Phi) is 6.11. The summed E-state index contributed by atoms with van der Waals surface area (Å²) in [5.74, 6) is -0.778. The number of anilines is 1. The number of halogens is 1. The molecule has 8 heteroatoms. The number of carbonyl (C=O) groups is 1. The maximum atomic E-state index is 14.9. The molecule has 156 valence electrons. The predicted octanol–water partition coefficient (Wildman–Crippen LogP) is 5.14. The van der Waals surface area contributed by atoms with Crippen LogP contribution in [0.15, 0.2) is 48.9 Å². The van der Waals surface area contributed by atoms with Crippen LogP contribution in [-0.4, -0.2) is 11.7 Å². The van der Waals surface area contributed by atoms with Crippen molar-refractivity contribution in [3.63, 3.8) is 0 Å². The zero-order chi connectivity index (χ0) is 21.7. The van der Waals surface area contributed by atoms with Crippen LogP contribution in [0.1, 0.15) is 43.8 Å². The zero-order valence-corrected chi connectivity index (χ0v) is 16.8. The van der Waals surface area contributed by atoms with Crippen LogP contribution in [0.4, 0.5) is 14.9 Å². The molecule has 1 amide bonds. The lowest BCUT2D eigenvalue weighted by Crippen LogP contribution is -2.27. The number of ether oxygens (including phenoxy) is 4. The number of rotatable bonds is 5. The first-order chi connectivity index (χ1) is 14.3. The Morgan fingerprint density at radius 1 is 1.23 bits per heavy atom. The minimum Gasteiger partial charge on any atom is -0.486 e. The maximum Gasteiger partial charge on any atom is 0.412 e. The lowest BCUT2D eigenvalue weighted by Gasteiger charge is -2.19. The van der Waals surface area contributed by atoms with Gasteiger partial charge in [0.05, 0.1) is 17.2 Å². The molecule has 0 unspecified atom stereocenters. The number of carbonyl (C=O) groups excluding carboxylic acids is 1. The molecule has 0 atom stereocenters. The van der Waals surface area contributed by atoms with Crippen molar-refractivity contribution < 1.29 is 28.1 Å². The van der Waals surface area contributed by atoms with Gasteiger partial charge >= 0.3 is 6.09 Å². The van der Waals surface area contributed by atoms with Crippen LogP contribution in [0, 0.1) is 17.1 Å². The van der Waals surface area contributed by atoms with Crippen LogP contribution in [0.25, 0.3) is 0 Å². The zero-order valence-electron chi connectivity index (χ0n) is 16.8. The number of benzene rings is 2. The van der Waals surface area contributed by atoms with E-state index >= 15 is 0 Å². The summed E-state index contributed by atoms with van der Waals surface area (Å²) in [6, 6.07) is 11.6. The minimum atomic E-state index is -1.04. The van der Waals surface area contributed by atoms with Gasteiger partial charge in [-0.05, 0) is 50.6 Å². The van der Waals surface area contributed by atoms with Crippen molar-refractivity contribution in [1.29, 1.82) is 5.26 Å². The molecule has 1 aliphatic heterocycles. The van der Waals surface area contributed by atoms with Crippen LogP contribution in [0.2, 0.25) is 0 Å². The second kappa shape index (κ2) is 8.74. The Morgan fingerprint density at radius 2 is 1.97 bits per heavy atom. The number of amides is 1. The summed E-state index contributed by atoms with van der Waals surface area (Å²) in [5.41, 5.74) is 0.671. The molecule has 0 aromatic heterocycles. The largest absolute Gasteiger partial charge is 0.486 e. The molecule has 1 heterocycles. The van der Waals surface area contributed by atoms with E-state index in [9.17, 15) is 14.4 Å². The van der Waals surface area contributed by atoms with E-state index in [-0.39, 0.29) is 23.5 Å². The average Bonchev–Trinajstić information content (AvgIpc) is 3.19. The minimum absolute atomic E-state index is 0.0275. The highest BCUT2D eigenvalue weighted by Crippen LogP contribution is 2.34. The molecule has 2 aromatic carbocycles. The first kappa shape index (κ1) is 21.0. The van der Waals surface area contributed by atoms with Gasteiger partial charge in [0.1, 0.15) is 24.7 Å². The Hall–Kier alpha value is -3.73. The highest BCUT2D eigenvalue weighted by molar-refractivity contribution is 5.84. The molecule has 30 heavy (non-hydrogen) atoms. The molecule has 1 aliphatic rings. The van der Waals surface area contributed by atoms with Crippen LogP contribution in [0.3, 0.4) is 0 Å². The van der Waals surface area contributed by atoms with Crippen molar-refractivity contribution in [2.45, 2.75) is 39.3 Å². The fourth-order valence-electron chi connectivity index (χ4n) is 2.71. The van der Waals surface area contributed by atoms with Gasteiger partial charge in [-0.3, -0.25) is 5.32 Å². The molecule has 7 nitrogen and oxygen atoms in total. The summed E-state index contributed by atoms with van der Waals surface area (Å²) in [6.45, 7) is 5.36.